The van der Waals surface area contributed by atoms with Crippen molar-refractivity contribution < 1.29 is 13.9 Å². The van der Waals surface area contributed by atoms with Crippen molar-refractivity contribution in [2.75, 3.05) is 20.3 Å². The number of oxazole rings is 1. The maximum absolute atomic E-state index is 5.85. The Hall–Kier alpha value is -2.31. The fraction of sp³-hybridized carbons (Fsp3) is 0.350. The Balaban J connectivity index is 1.50. The maximum Gasteiger partial charge on any atom is 0.227 e. The molecule has 1 unspecified atom stereocenters. The summed E-state index contributed by atoms with van der Waals surface area (Å²) in [6, 6.07) is 8.40. The number of ether oxygens (including phenoxy) is 2. The van der Waals surface area contributed by atoms with Crippen molar-refractivity contribution in [2.45, 2.75) is 26.4 Å². The van der Waals surface area contributed by atoms with E-state index in [2.05, 4.69) is 36.4 Å². The van der Waals surface area contributed by atoms with Crippen molar-refractivity contribution in [1.29, 1.82) is 0 Å². The summed E-state index contributed by atoms with van der Waals surface area (Å²) >= 11 is 1.64. The van der Waals surface area contributed by atoms with Crippen LogP contribution in [0.4, 0.5) is 0 Å². The molecule has 1 aliphatic heterocycles. The van der Waals surface area contributed by atoms with Gasteiger partial charge < -0.3 is 13.9 Å². The van der Waals surface area contributed by atoms with Gasteiger partial charge in [0.15, 0.2) is 11.5 Å². The second-order valence-electron chi connectivity index (χ2n) is 6.53. The van der Waals surface area contributed by atoms with Crippen molar-refractivity contribution in [2.24, 2.45) is 0 Å². The van der Waals surface area contributed by atoms with Gasteiger partial charge in [-0.1, -0.05) is 6.07 Å². The van der Waals surface area contributed by atoms with Crippen LogP contribution in [0.1, 0.15) is 30.0 Å². The third kappa shape index (κ3) is 3.34. The second kappa shape index (κ2) is 7.13. The van der Waals surface area contributed by atoms with Gasteiger partial charge in [-0.3, -0.25) is 4.90 Å². The van der Waals surface area contributed by atoms with Crippen molar-refractivity contribution in [3.05, 3.63) is 52.0 Å². The lowest BCUT2D eigenvalue weighted by Gasteiger charge is -2.26. The molecule has 0 fully saturated rings. The van der Waals surface area contributed by atoms with Crippen molar-refractivity contribution in [3.63, 3.8) is 0 Å². The summed E-state index contributed by atoms with van der Waals surface area (Å²) in [5.74, 6) is 3.21. The molecule has 1 aromatic carbocycles. The zero-order valence-corrected chi connectivity index (χ0v) is 16.0. The Bertz CT molecular complexity index is 889. The van der Waals surface area contributed by atoms with Crippen LogP contribution in [-0.2, 0) is 6.54 Å². The number of aryl methyl sites for hydroxylation is 1. The van der Waals surface area contributed by atoms with Crippen LogP contribution < -0.4 is 9.47 Å². The molecule has 1 atom stereocenters. The normalized spacial score (nSPS) is 14.6. The standard InChI is InChI=1S/C20H22N2O3S/c1-13(15-4-5-18-19(10-15)24-8-7-23-18)22(3)11-17-14(2)25-20(21-17)16-6-9-26-12-16/h4-6,9-10,12-13H,7-8,11H2,1-3H3. The Labute approximate surface area is 157 Å². The maximum atomic E-state index is 5.85. The number of nitrogens with zero attached hydrogens (tertiary/aromatic N) is 2. The molecule has 1 aliphatic rings. The third-order valence-electron chi connectivity index (χ3n) is 4.77. The largest absolute Gasteiger partial charge is 0.486 e. The van der Waals surface area contributed by atoms with Crippen molar-refractivity contribution in [1.82, 2.24) is 9.88 Å². The molecule has 0 amide bonds. The van der Waals surface area contributed by atoms with E-state index in [-0.39, 0.29) is 6.04 Å². The lowest BCUT2D eigenvalue weighted by atomic mass is 10.1. The summed E-state index contributed by atoms with van der Waals surface area (Å²) in [5, 5.41) is 4.08. The summed E-state index contributed by atoms with van der Waals surface area (Å²) in [6.45, 7) is 6.08. The Kier molecular flexibility index (Phi) is 4.70. The number of hydrogen-bond donors (Lipinski definition) is 0. The van der Waals surface area contributed by atoms with Gasteiger partial charge in [0.05, 0.1) is 5.69 Å². The highest BCUT2D eigenvalue weighted by Crippen LogP contribution is 2.34. The Morgan fingerprint density at radius 3 is 2.77 bits per heavy atom. The van der Waals surface area contributed by atoms with E-state index in [4.69, 9.17) is 18.9 Å². The summed E-state index contributed by atoms with van der Waals surface area (Å²) in [7, 11) is 2.10. The fourth-order valence-corrected chi connectivity index (χ4v) is 3.66. The number of benzene rings is 1. The van der Waals surface area contributed by atoms with Gasteiger partial charge in [0, 0.05) is 23.5 Å². The van der Waals surface area contributed by atoms with Crippen LogP contribution in [-0.4, -0.2) is 30.1 Å². The van der Waals surface area contributed by atoms with E-state index in [1.807, 2.05) is 24.4 Å². The van der Waals surface area contributed by atoms with Crippen LogP contribution >= 0.6 is 11.3 Å². The Morgan fingerprint density at radius 2 is 2.00 bits per heavy atom. The number of hydrogen-bond acceptors (Lipinski definition) is 6. The molecule has 4 rings (SSSR count). The first kappa shape index (κ1) is 17.1. The third-order valence-corrected chi connectivity index (χ3v) is 5.45. The van der Waals surface area contributed by atoms with Gasteiger partial charge in [-0.15, -0.1) is 0 Å². The Morgan fingerprint density at radius 1 is 1.19 bits per heavy atom. The SMILES string of the molecule is Cc1oc(-c2ccsc2)nc1CN(C)C(C)c1ccc2c(c1)OCCO2. The monoisotopic (exact) mass is 370 g/mol. The molecule has 0 radical (unpaired) electrons. The van der Waals surface area contributed by atoms with Crippen molar-refractivity contribution in [3.8, 4) is 23.0 Å². The van der Waals surface area contributed by atoms with Gasteiger partial charge in [0.1, 0.15) is 19.0 Å². The molecule has 26 heavy (non-hydrogen) atoms. The predicted octanol–water partition coefficient (Wildman–Crippen LogP) is 4.68. The van der Waals surface area contributed by atoms with E-state index < -0.39 is 0 Å². The molecule has 0 bridgehead atoms. The molecule has 3 heterocycles. The lowest BCUT2D eigenvalue weighted by molar-refractivity contribution is 0.170. The molecule has 2 aromatic heterocycles. The predicted molar refractivity (Wildman–Crippen MR) is 102 cm³/mol. The van der Waals surface area contributed by atoms with Gasteiger partial charge >= 0.3 is 0 Å². The second-order valence-corrected chi connectivity index (χ2v) is 7.31. The molecular formula is C20H22N2O3S. The number of rotatable bonds is 5. The fourth-order valence-electron chi connectivity index (χ4n) is 3.03. The number of aromatic nitrogens is 1. The molecular weight excluding hydrogens is 348 g/mol. The van der Waals surface area contributed by atoms with E-state index in [1.165, 1.54) is 5.56 Å². The van der Waals surface area contributed by atoms with Crippen LogP contribution in [0.3, 0.4) is 0 Å². The minimum Gasteiger partial charge on any atom is -0.486 e. The molecule has 3 aromatic rings. The van der Waals surface area contributed by atoms with E-state index in [0.717, 1.165) is 35.1 Å². The average Bonchev–Trinajstić information content (AvgIpc) is 3.31. The molecule has 0 saturated carbocycles. The smallest absolute Gasteiger partial charge is 0.227 e. The quantitative estimate of drug-likeness (QED) is 0.653. The van der Waals surface area contributed by atoms with Crippen LogP contribution in [0.25, 0.3) is 11.5 Å². The van der Waals surface area contributed by atoms with Crippen LogP contribution in [0, 0.1) is 6.92 Å². The first-order valence-electron chi connectivity index (χ1n) is 8.70. The van der Waals surface area contributed by atoms with E-state index >= 15 is 0 Å². The summed E-state index contributed by atoms with van der Waals surface area (Å²) < 4.78 is 17.2. The van der Waals surface area contributed by atoms with Crippen LogP contribution in [0.2, 0.25) is 0 Å². The summed E-state index contributed by atoms with van der Waals surface area (Å²) in [5.41, 5.74) is 3.20. The van der Waals surface area contributed by atoms with Crippen molar-refractivity contribution >= 4 is 11.3 Å². The van der Waals surface area contributed by atoms with Gasteiger partial charge in [-0.05, 0) is 50.0 Å². The molecule has 0 spiro atoms. The topological polar surface area (TPSA) is 47.7 Å². The van der Waals surface area contributed by atoms with Gasteiger partial charge in [0.25, 0.3) is 0 Å². The first-order valence-corrected chi connectivity index (χ1v) is 9.65. The number of thiophene rings is 1. The minimum atomic E-state index is 0.214. The molecule has 0 N–H and O–H groups in total. The molecule has 5 nitrogen and oxygen atoms in total. The molecule has 0 saturated heterocycles. The van der Waals surface area contributed by atoms with E-state index in [9.17, 15) is 0 Å². The van der Waals surface area contributed by atoms with Crippen LogP contribution in [0.15, 0.2) is 39.4 Å². The molecule has 136 valence electrons. The zero-order valence-electron chi connectivity index (χ0n) is 15.2. The summed E-state index contributed by atoms with van der Waals surface area (Å²) in [4.78, 5) is 6.95. The van der Waals surface area contributed by atoms with Gasteiger partial charge in [-0.2, -0.15) is 11.3 Å². The van der Waals surface area contributed by atoms with Gasteiger partial charge in [0.2, 0.25) is 5.89 Å². The van der Waals surface area contributed by atoms with Gasteiger partial charge in [-0.25, -0.2) is 4.98 Å². The lowest BCUT2D eigenvalue weighted by Crippen LogP contribution is -2.23. The van der Waals surface area contributed by atoms with E-state index in [0.29, 0.717) is 19.1 Å². The highest BCUT2D eigenvalue weighted by molar-refractivity contribution is 7.08. The zero-order chi connectivity index (χ0) is 18.1. The summed E-state index contributed by atoms with van der Waals surface area (Å²) in [6.07, 6.45) is 0. The minimum absolute atomic E-state index is 0.214. The van der Waals surface area contributed by atoms with E-state index in [1.54, 1.807) is 11.3 Å². The first-order chi connectivity index (χ1) is 12.6. The number of fused-ring (bicyclic) bond motifs is 1. The average molecular weight is 370 g/mol. The highest BCUT2D eigenvalue weighted by Gasteiger charge is 2.20. The highest BCUT2D eigenvalue weighted by atomic mass is 32.1. The molecule has 6 heteroatoms. The molecule has 0 aliphatic carbocycles. The van der Waals surface area contributed by atoms with Crippen LogP contribution in [0.5, 0.6) is 11.5 Å².